The second kappa shape index (κ2) is 8.00. The molecule has 23 heavy (non-hydrogen) atoms. The van der Waals surface area contributed by atoms with Gasteiger partial charge in [0.1, 0.15) is 5.75 Å². The van der Waals surface area contributed by atoms with Crippen LogP contribution in [-0.4, -0.2) is 29.8 Å². The number of aromatic hydroxyl groups is 1. The van der Waals surface area contributed by atoms with Gasteiger partial charge in [-0.05, 0) is 36.5 Å². The molecular weight excluding hydrogens is 316 g/mol. The van der Waals surface area contributed by atoms with Crippen LogP contribution in [0, 0.1) is 0 Å². The zero-order valence-corrected chi connectivity index (χ0v) is 13.2. The van der Waals surface area contributed by atoms with Crippen LogP contribution in [0.3, 0.4) is 0 Å². The van der Waals surface area contributed by atoms with E-state index in [1.165, 1.54) is 13.2 Å². The Labute approximate surface area is 139 Å². The molecule has 7 heteroatoms. The smallest absolute Gasteiger partial charge is 0.264 e. The Kier molecular flexibility index (Phi) is 5.76. The SMILES string of the molecule is COc1ccccc1OCC(=O)NC(=S)Nc1ccccc1O. The third kappa shape index (κ3) is 4.86. The van der Waals surface area contributed by atoms with Crippen molar-refractivity contribution in [2.45, 2.75) is 0 Å². The largest absolute Gasteiger partial charge is 0.506 e. The lowest BCUT2D eigenvalue weighted by Crippen LogP contribution is -2.37. The summed E-state index contributed by atoms with van der Waals surface area (Å²) in [4.78, 5) is 11.8. The van der Waals surface area contributed by atoms with E-state index in [1.54, 1.807) is 42.5 Å². The topological polar surface area (TPSA) is 79.8 Å². The van der Waals surface area contributed by atoms with E-state index in [2.05, 4.69) is 10.6 Å². The van der Waals surface area contributed by atoms with Crippen LogP contribution in [-0.2, 0) is 4.79 Å². The number of thiocarbonyl (C=S) groups is 1. The molecule has 2 rings (SSSR count). The number of rotatable bonds is 5. The molecule has 0 unspecified atom stereocenters. The Morgan fingerprint density at radius 2 is 1.78 bits per heavy atom. The molecular formula is C16H16N2O4S. The van der Waals surface area contributed by atoms with Crippen LogP contribution in [0.1, 0.15) is 0 Å². The quantitative estimate of drug-likeness (QED) is 0.576. The summed E-state index contributed by atoms with van der Waals surface area (Å²) >= 11 is 5.02. The number of hydrogen-bond donors (Lipinski definition) is 3. The van der Waals surface area contributed by atoms with Crippen LogP contribution >= 0.6 is 12.2 Å². The maximum atomic E-state index is 11.8. The molecule has 0 bridgehead atoms. The van der Waals surface area contributed by atoms with Gasteiger partial charge in [0.15, 0.2) is 23.2 Å². The lowest BCUT2D eigenvalue weighted by molar-refractivity contribution is -0.121. The van der Waals surface area contributed by atoms with E-state index in [-0.39, 0.29) is 17.5 Å². The molecule has 6 nitrogen and oxygen atoms in total. The molecule has 3 N–H and O–H groups in total. The molecule has 0 atom stereocenters. The normalized spacial score (nSPS) is 9.78. The summed E-state index contributed by atoms with van der Waals surface area (Å²) < 4.78 is 10.5. The minimum absolute atomic E-state index is 0.0365. The Morgan fingerprint density at radius 1 is 1.13 bits per heavy atom. The molecule has 0 spiro atoms. The highest BCUT2D eigenvalue weighted by atomic mass is 32.1. The minimum Gasteiger partial charge on any atom is -0.506 e. The number of phenolic OH excluding ortho intramolecular Hbond substituents is 1. The van der Waals surface area contributed by atoms with E-state index in [4.69, 9.17) is 21.7 Å². The average Bonchev–Trinajstić information content (AvgIpc) is 2.55. The van der Waals surface area contributed by atoms with Crippen molar-refractivity contribution in [3.8, 4) is 17.2 Å². The first kappa shape index (κ1) is 16.6. The number of hydrogen-bond acceptors (Lipinski definition) is 5. The van der Waals surface area contributed by atoms with E-state index < -0.39 is 5.91 Å². The highest BCUT2D eigenvalue weighted by Crippen LogP contribution is 2.25. The molecule has 0 heterocycles. The van der Waals surface area contributed by atoms with Gasteiger partial charge >= 0.3 is 0 Å². The van der Waals surface area contributed by atoms with E-state index in [0.717, 1.165) is 0 Å². The second-order valence-electron chi connectivity index (χ2n) is 4.46. The van der Waals surface area contributed by atoms with Crippen molar-refractivity contribution in [1.82, 2.24) is 5.32 Å². The number of carbonyl (C=O) groups is 1. The second-order valence-corrected chi connectivity index (χ2v) is 4.87. The minimum atomic E-state index is -0.427. The van der Waals surface area contributed by atoms with Crippen LogP contribution in [0.5, 0.6) is 17.2 Å². The Morgan fingerprint density at radius 3 is 2.48 bits per heavy atom. The van der Waals surface area contributed by atoms with Crippen molar-refractivity contribution in [2.75, 3.05) is 19.0 Å². The summed E-state index contributed by atoms with van der Waals surface area (Å²) in [6, 6.07) is 13.6. The van der Waals surface area contributed by atoms with Crippen LogP contribution < -0.4 is 20.1 Å². The first-order valence-electron chi connectivity index (χ1n) is 6.75. The Bertz CT molecular complexity index is 706. The molecule has 0 aliphatic rings. The Hall–Kier alpha value is -2.80. The van der Waals surface area contributed by atoms with Crippen molar-refractivity contribution < 1.29 is 19.4 Å². The molecule has 0 aliphatic heterocycles. The van der Waals surface area contributed by atoms with Crippen molar-refractivity contribution >= 4 is 28.9 Å². The highest BCUT2D eigenvalue weighted by molar-refractivity contribution is 7.80. The van der Waals surface area contributed by atoms with E-state index in [9.17, 15) is 9.90 Å². The van der Waals surface area contributed by atoms with Gasteiger partial charge in [-0.3, -0.25) is 10.1 Å². The summed E-state index contributed by atoms with van der Waals surface area (Å²) in [7, 11) is 1.52. The molecule has 0 radical (unpaired) electrons. The molecule has 0 fully saturated rings. The monoisotopic (exact) mass is 332 g/mol. The predicted molar refractivity (Wildman–Crippen MR) is 91.0 cm³/mol. The number of amides is 1. The third-order valence-electron chi connectivity index (χ3n) is 2.83. The standard InChI is InChI=1S/C16H16N2O4S/c1-21-13-8-4-5-9-14(13)22-10-15(20)18-16(23)17-11-6-2-3-7-12(11)19/h2-9,19H,10H2,1H3,(H2,17,18,20,23). The number of carbonyl (C=O) groups excluding carboxylic acids is 1. The molecule has 1 amide bonds. The number of anilines is 1. The maximum absolute atomic E-state index is 11.8. The van der Waals surface area contributed by atoms with Gasteiger partial charge in [0, 0.05) is 0 Å². The predicted octanol–water partition coefficient (Wildman–Crippen LogP) is 2.29. The third-order valence-corrected chi connectivity index (χ3v) is 3.04. The number of ether oxygens (including phenoxy) is 2. The summed E-state index contributed by atoms with van der Waals surface area (Å²) in [6.45, 7) is -0.219. The maximum Gasteiger partial charge on any atom is 0.264 e. The van der Waals surface area contributed by atoms with Gasteiger partial charge in [-0.15, -0.1) is 0 Å². The lowest BCUT2D eigenvalue weighted by Gasteiger charge is -2.12. The first-order chi connectivity index (χ1) is 11.1. The summed E-state index contributed by atoms with van der Waals surface area (Å²) in [5, 5.41) is 14.9. The average molecular weight is 332 g/mol. The molecule has 0 saturated heterocycles. The number of para-hydroxylation sites is 4. The summed E-state index contributed by atoms with van der Waals surface area (Å²) in [5.74, 6) is 0.609. The lowest BCUT2D eigenvalue weighted by atomic mass is 10.3. The zero-order chi connectivity index (χ0) is 16.7. The van der Waals surface area contributed by atoms with Gasteiger partial charge in [-0.1, -0.05) is 24.3 Å². The van der Waals surface area contributed by atoms with Gasteiger partial charge in [0.05, 0.1) is 12.8 Å². The molecule has 0 aliphatic carbocycles. The molecule has 2 aromatic rings. The van der Waals surface area contributed by atoms with Gasteiger partial charge < -0.3 is 19.9 Å². The number of benzene rings is 2. The molecule has 0 aromatic heterocycles. The van der Waals surface area contributed by atoms with Gasteiger partial charge in [-0.25, -0.2) is 0 Å². The van der Waals surface area contributed by atoms with Crippen molar-refractivity contribution in [2.24, 2.45) is 0 Å². The number of phenols is 1. The molecule has 2 aromatic carbocycles. The number of methoxy groups -OCH3 is 1. The van der Waals surface area contributed by atoms with Crippen LogP contribution in [0.25, 0.3) is 0 Å². The molecule has 120 valence electrons. The van der Waals surface area contributed by atoms with Gasteiger partial charge in [-0.2, -0.15) is 0 Å². The van der Waals surface area contributed by atoms with Crippen molar-refractivity contribution in [3.05, 3.63) is 48.5 Å². The van der Waals surface area contributed by atoms with Gasteiger partial charge in [0.25, 0.3) is 5.91 Å². The summed E-state index contributed by atoms with van der Waals surface area (Å²) in [5.41, 5.74) is 0.406. The molecule has 0 saturated carbocycles. The van der Waals surface area contributed by atoms with Crippen LogP contribution in [0.4, 0.5) is 5.69 Å². The fraction of sp³-hybridized carbons (Fsp3) is 0.125. The van der Waals surface area contributed by atoms with Crippen molar-refractivity contribution in [3.63, 3.8) is 0 Å². The van der Waals surface area contributed by atoms with Gasteiger partial charge in [0.2, 0.25) is 0 Å². The highest BCUT2D eigenvalue weighted by Gasteiger charge is 2.09. The van der Waals surface area contributed by atoms with E-state index in [1.807, 2.05) is 0 Å². The summed E-state index contributed by atoms with van der Waals surface area (Å²) in [6.07, 6.45) is 0. The van der Waals surface area contributed by atoms with Crippen molar-refractivity contribution in [1.29, 1.82) is 0 Å². The Balaban J connectivity index is 1.85. The fourth-order valence-corrected chi connectivity index (χ4v) is 2.00. The van der Waals surface area contributed by atoms with E-state index in [0.29, 0.717) is 17.2 Å². The van der Waals surface area contributed by atoms with E-state index >= 15 is 0 Å². The fourth-order valence-electron chi connectivity index (χ4n) is 1.78. The van der Waals surface area contributed by atoms with Crippen LogP contribution in [0.15, 0.2) is 48.5 Å². The first-order valence-corrected chi connectivity index (χ1v) is 7.15. The van der Waals surface area contributed by atoms with Crippen LogP contribution in [0.2, 0.25) is 0 Å². The zero-order valence-electron chi connectivity index (χ0n) is 12.4. The number of nitrogens with one attached hydrogen (secondary N) is 2.